The quantitative estimate of drug-likeness (QED) is 0.272. The molecular weight excluding hydrogens is 618 g/mol. The van der Waals surface area contributed by atoms with Crippen LogP contribution >= 0.6 is 11.6 Å². The molecule has 3 aromatic rings. The van der Waals surface area contributed by atoms with Crippen LogP contribution in [-0.4, -0.2) is 95.3 Å². The topological polar surface area (TPSA) is 108 Å². The van der Waals surface area contributed by atoms with E-state index in [-0.39, 0.29) is 60.8 Å². The van der Waals surface area contributed by atoms with Crippen LogP contribution in [0.3, 0.4) is 0 Å². The van der Waals surface area contributed by atoms with Gasteiger partial charge in [-0.25, -0.2) is 4.39 Å². The Morgan fingerprint density at radius 2 is 2.09 bits per heavy atom. The molecule has 0 radical (unpaired) electrons. The van der Waals surface area contributed by atoms with Crippen molar-refractivity contribution in [3.63, 3.8) is 0 Å². The maximum absolute atomic E-state index is 16.0. The van der Waals surface area contributed by atoms with Crippen LogP contribution in [0, 0.1) is 17.1 Å². The van der Waals surface area contributed by atoms with Gasteiger partial charge in [0.1, 0.15) is 17.0 Å². The Kier molecular flexibility index (Phi) is 8.51. The zero-order chi connectivity index (χ0) is 31.9. The molecule has 0 saturated carbocycles. The molecule has 6 rings (SSSR count). The lowest BCUT2D eigenvalue weighted by atomic mass is 10.0. The van der Waals surface area contributed by atoms with E-state index in [0.717, 1.165) is 25.1 Å². The van der Waals surface area contributed by atoms with Crippen LogP contribution in [-0.2, 0) is 15.7 Å². The molecule has 0 spiro atoms. The van der Waals surface area contributed by atoms with Gasteiger partial charge >= 0.3 is 12.2 Å². The van der Waals surface area contributed by atoms with Crippen LogP contribution in [0.4, 0.5) is 23.4 Å². The van der Waals surface area contributed by atoms with Crippen LogP contribution in [0.5, 0.6) is 6.01 Å². The predicted molar refractivity (Wildman–Crippen MR) is 156 cm³/mol. The second kappa shape index (κ2) is 12.4. The van der Waals surface area contributed by atoms with E-state index in [1.165, 1.54) is 25.4 Å². The smallest absolute Gasteiger partial charge is 0.418 e. The van der Waals surface area contributed by atoms with Crippen LogP contribution in [0.25, 0.3) is 22.2 Å². The number of halogens is 5. The van der Waals surface area contributed by atoms with E-state index >= 15 is 4.39 Å². The summed E-state index contributed by atoms with van der Waals surface area (Å²) in [4.78, 5) is 31.4. The number of alkyl halides is 3. The third kappa shape index (κ3) is 5.99. The first kappa shape index (κ1) is 30.9. The van der Waals surface area contributed by atoms with Gasteiger partial charge in [0.25, 0.3) is 0 Å². The second-order valence-electron chi connectivity index (χ2n) is 11.1. The Morgan fingerprint density at radius 1 is 1.27 bits per heavy atom. The first-order valence-electron chi connectivity index (χ1n) is 14.3. The summed E-state index contributed by atoms with van der Waals surface area (Å²) in [5, 5.41) is 9.08. The van der Waals surface area contributed by atoms with Gasteiger partial charge in [0.2, 0.25) is 5.91 Å². The summed E-state index contributed by atoms with van der Waals surface area (Å²) in [5.74, 6) is -1.11. The van der Waals surface area contributed by atoms with E-state index in [0.29, 0.717) is 19.2 Å². The van der Waals surface area contributed by atoms with Crippen molar-refractivity contribution in [2.75, 3.05) is 51.3 Å². The molecule has 3 fully saturated rings. The van der Waals surface area contributed by atoms with E-state index in [4.69, 9.17) is 21.1 Å². The molecule has 0 aliphatic carbocycles. The van der Waals surface area contributed by atoms with Crippen molar-refractivity contribution >= 4 is 34.2 Å². The SMILES string of the molecule is COc1nc(N2CCN(C(=O)/C=C/CN3C[C@@H]4C[C@H]3CO4)[C@@H](CC#N)C2)c2cnc(-c3cccc(Cl)c3C(F)(F)F)c(F)c2n1. The molecule has 3 saturated heterocycles. The maximum Gasteiger partial charge on any atom is 0.418 e. The number of aromatic nitrogens is 3. The van der Waals surface area contributed by atoms with Gasteiger partial charge in [0.05, 0.1) is 54.3 Å². The summed E-state index contributed by atoms with van der Waals surface area (Å²) in [6.07, 6.45) is 1.00. The molecule has 15 heteroatoms. The largest absolute Gasteiger partial charge is 0.467 e. The van der Waals surface area contributed by atoms with Crippen molar-refractivity contribution in [2.24, 2.45) is 0 Å². The molecule has 3 atom stereocenters. The summed E-state index contributed by atoms with van der Waals surface area (Å²) in [5.41, 5.74) is -2.63. The lowest BCUT2D eigenvalue weighted by Gasteiger charge is -2.41. The van der Waals surface area contributed by atoms with Crippen LogP contribution in [0.2, 0.25) is 5.02 Å². The average molecular weight is 646 g/mol. The number of likely N-dealkylation sites (tertiary alicyclic amines) is 1. The lowest BCUT2D eigenvalue weighted by Crippen LogP contribution is -2.55. The summed E-state index contributed by atoms with van der Waals surface area (Å²) in [6, 6.07) is 5.22. The first-order valence-corrected chi connectivity index (χ1v) is 14.7. The Bertz CT molecular complexity index is 1700. The zero-order valence-corrected chi connectivity index (χ0v) is 24.9. The molecule has 0 N–H and O–H groups in total. The zero-order valence-electron chi connectivity index (χ0n) is 24.1. The van der Waals surface area contributed by atoms with Crippen molar-refractivity contribution in [3.05, 3.63) is 53.0 Å². The molecule has 236 valence electrons. The van der Waals surface area contributed by atoms with Gasteiger partial charge in [-0.3, -0.25) is 14.7 Å². The number of pyridine rings is 1. The van der Waals surface area contributed by atoms with Gasteiger partial charge in [-0.05, 0) is 12.5 Å². The Hall–Kier alpha value is -4.06. The number of ether oxygens (including phenoxy) is 2. The number of hydrogen-bond acceptors (Lipinski definition) is 9. The average Bonchev–Trinajstić information content (AvgIpc) is 3.64. The fraction of sp³-hybridized carbons (Fsp3) is 0.433. The molecule has 0 unspecified atom stereocenters. The van der Waals surface area contributed by atoms with Gasteiger partial charge in [0.15, 0.2) is 5.82 Å². The van der Waals surface area contributed by atoms with E-state index in [1.807, 2.05) is 6.08 Å². The van der Waals surface area contributed by atoms with Crippen LogP contribution in [0.1, 0.15) is 18.4 Å². The van der Waals surface area contributed by atoms with E-state index in [9.17, 15) is 23.2 Å². The van der Waals surface area contributed by atoms with Crippen LogP contribution < -0.4 is 9.64 Å². The van der Waals surface area contributed by atoms with Crippen molar-refractivity contribution in [1.29, 1.82) is 5.26 Å². The number of fused-ring (bicyclic) bond motifs is 3. The summed E-state index contributed by atoms with van der Waals surface area (Å²) in [7, 11) is 1.28. The van der Waals surface area contributed by atoms with Crippen molar-refractivity contribution < 1.29 is 31.8 Å². The minimum absolute atomic E-state index is 0.0369. The molecule has 1 amide bonds. The fourth-order valence-electron chi connectivity index (χ4n) is 6.26. The van der Waals surface area contributed by atoms with E-state index in [2.05, 4.69) is 25.9 Å². The number of piperazine rings is 1. The number of amides is 1. The molecule has 3 aliphatic rings. The monoisotopic (exact) mass is 645 g/mol. The van der Waals surface area contributed by atoms with Gasteiger partial charge < -0.3 is 19.3 Å². The molecule has 5 heterocycles. The molecular formula is C30H28ClF4N7O3. The van der Waals surface area contributed by atoms with Gasteiger partial charge in [-0.2, -0.15) is 28.4 Å². The molecule has 2 bridgehead atoms. The minimum Gasteiger partial charge on any atom is -0.467 e. The van der Waals surface area contributed by atoms with Crippen molar-refractivity contribution in [3.8, 4) is 23.3 Å². The molecule has 2 aromatic heterocycles. The highest BCUT2D eigenvalue weighted by Gasteiger charge is 2.39. The Morgan fingerprint density at radius 3 is 2.78 bits per heavy atom. The predicted octanol–water partition coefficient (Wildman–Crippen LogP) is 4.47. The van der Waals surface area contributed by atoms with Crippen LogP contribution in [0.15, 0.2) is 36.5 Å². The summed E-state index contributed by atoms with van der Waals surface area (Å²) >= 11 is 5.87. The van der Waals surface area contributed by atoms with Gasteiger partial charge in [0, 0.05) is 56.6 Å². The van der Waals surface area contributed by atoms with E-state index < -0.39 is 39.9 Å². The number of benzene rings is 1. The summed E-state index contributed by atoms with van der Waals surface area (Å²) in [6.45, 7) is 2.89. The second-order valence-corrected chi connectivity index (χ2v) is 11.5. The normalized spacial score (nSPS) is 22.0. The highest BCUT2D eigenvalue weighted by Crippen LogP contribution is 2.42. The minimum atomic E-state index is -4.86. The number of nitriles is 1. The first-order chi connectivity index (χ1) is 21.6. The van der Waals surface area contributed by atoms with Crippen molar-refractivity contribution in [2.45, 2.75) is 37.2 Å². The molecule has 1 aromatic carbocycles. The lowest BCUT2D eigenvalue weighted by molar-refractivity contribution is -0.137. The molecule has 10 nitrogen and oxygen atoms in total. The number of carbonyl (C=O) groups excluding carboxylic acids is 1. The number of morpholine rings is 1. The number of rotatable bonds is 7. The maximum atomic E-state index is 16.0. The standard InChI is InChI=1S/C30H28ClF4N7O3/c1-44-29-38-27-21(13-37-26(25(27)32)20-4-2-5-22(31)24(20)30(33,34)35)28(39-29)41-10-11-42(17(14-41)7-8-36)23(43)6-3-9-40-15-19-12-18(40)16-45-19/h2-6,13,17-19H,7,9-12,14-16H2,1H3/b6-3+/t17-,18-,19-/m0/s1. The van der Waals surface area contributed by atoms with E-state index in [1.54, 1.807) is 9.80 Å². The number of hydrogen-bond donors (Lipinski definition) is 0. The number of carbonyl (C=O) groups is 1. The Labute approximate surface area is 260 Å². The highest BCUT2D eigenvalue weighted by molar-refractivity contribution is 6.31. The highest BCUT2D eigenvalue weighted by atomic mass is 35.5. The Balaban J connectivity index is 1.28. The number of methoxy groups -OCH3 is 1. The summed E-state index contributed by atoms with van der Waals surface area (Å²) < 4.78 is 68.5. The fourth-order valence-corrected chi connectivity index (χ4v) is 6.54. The molecule has 3 aliphatic heterocycles. The third-order valence-corrected chi connectivity index (χ3v) is 8.70. The number of nitrogens with zero attached hydrogens (tertiary/aromatic N) is 7. The molecule has 45 heavy (non-hydrogen) atoms. The van der Waals surface area contributed by atoms with Gasteiger partial charge in [-0.1, -0.05) is 29.8 Å². The third-order valence-electron chi connectivity index (χ3n) is 8.38. The number of anilines is 1. The van der Waals surface area contributed by atoms with Crippen molar-refractivity contribution in [1.82, 2.24) is 24.8 Å². The van der Waals surface area contributed by atoms with Gasteiger partial charge in [-0.15, -0.1) is 0 Å².